The van der Waals surface area contributed by atoms with Crippen molar-refractivity contribution in [3.8, 4) is 0 Å². The highest BCUT2D eigenvalue weighted by molar-refractivity contribution is 9.11. The number of thiophene rings is 1. The van der Waals surface area contributed by atoms with Crippen LogP contribution in [0.1, 0.15) is 31.2 Å². The Kier molecular flexibility index (Phi) is 3.83. The third-order valence-electron chi connectivity index (χ3n) is 2.65. The summed E-state index contributed by atoms with van der Waals surface area (Å²) in [5, 5.41) is 3.50. The van der Waals surface area contributed by atoms with E-state index in [9.17, 15) is 0 Å². The monoisotopic (exact) mass is 289 g/mol. The Hall–Kier alpha value is 0.1000. The summed E-state index contributed by atoms with van der Waals surface area (Å²) in [7, 11) is 0. The smallest absolute Gasteiger partial charge is 0.104 e. The topological polar surface area (TPSA) is 21.3 Å². The summed E-state index contributed by atoms with van der Waals surface area (Å²) in [5.41, 5.74) is 0. The first-order valence-corrected chi connectivity index (χ1v) is 6.90. The highest BCUT2D eigenvalue weighted by atomic mass is 79.9. The quantitative estimate of drug-likeness (QED) is 0.856. The van der Waals surface area contributed by atoms with Gasteiger partial charge < -0.3 is 10.1 Å². The van der Waals surface area contributed by atoms with E-state index in [0.717, 1.165) is 13.0 Å². The highest BCUT2D eigenvalue weighted by Crippen LogP contribution is 2.31. The van der Waals surface area contributed by atoms with Crippen molar-refractivity contribution in [1.29, 1.82) is 0 Å². The first kappa shape index (κ1) is 11.6. The lowest BCUT2D eigenvalue weighted by Crippen LogP contribution is -2.27. The second-order valence-electron chi connectivity index (χ2n) is 4.12. The van der Waals surface area contributed by atoms with Crippen molar-refractivity contribution in [3.63, 3.8) is 0 Å². The van der Waals surface area contributed by atoms with Crippen LogP contribution in [0.25, 0.3) is 0 Å². The molecule has 0 radical (unpaired) electrons. The molecular weight excluding hydrogens is 274 g/mol. The SMILES string of the molecule is CC1CC(C)OC(c2ccc(Br)s2)CN1. The van der Waals surface area contributed by atoms with Crippen molar-refractivity contribution in [3.05, 3.63) is 20.8 Å². The molecule has 0 aromatic carbocycles. The normalized spacial score (nSPS) is 32.6. The summed E-state index contributed by atoms with van der Waals surface area (Å²) < 4.78 is 7.18. The minimum absolute atomic E-state index is 0.209. The summed E-state index contributed by atoms with van der Waals surface area (Å²) in [6, 6.07) is 4.78. The van der Waals surface area contributed by atoms with Crippen LogP contribution in [0.5, 0.6) is 0 Å². The number of halogens is 1. The van der Waals surface area contributed by atoms with Gasteiger partial charge in [-0.25, -0.2) is 0 Å². The van der Waals surface area contributed by atoms with Crippen LogP contribution in [0.3, 0.4) is 0 Å². The summed E-state index contributed by atoms with van der Waals surface area (Å²) in [5.74, 6) is 0. The third-order valence-corrected chi connectivity index (χ3v) is 4.36. The Bertz CT molecular complexity index is 328. The van der Waals surface area contributed by atoms with Crippen LogP contribution in [0, 0.1) is 0 Å². The molecule has 4 heteroatoms. The van der Waals surface area contributed by atoms with Crippen molar-refractivity contribution in [1.82, 2.24) is 5.32 Å². The lowest BCUT2D eigenvalue weighted by molar-refractivity contribution is 0.00912. The van der Waals surface area contributed by atoms with Gasteiger partial charge in [-0.1, -0.05) is 0 Å². The van der Waals surface area contributed by atoms with Gasteiger partial charge in [-0.2, -0.15) is 0 Å². The van der Waals surface area contributed by atoms with Gasteiger partial charge in [0.15, 0.2) is 0 Å². The van der Waals surface area contributed by atoms with Crippen LogP contribution in [-0.4, -0.2) is 18.7 Å². The Morgan fingerprint density at radius 2 is 2.27 bits per heavy atom. The number of nitrogens with one attached hydrogen (secondary N) is 1. The Morgan fingerprint density at radius 3 is 2.93 bits per heavy atom. The summed E-state index contributed by atoms with van der Waals surface area (Å²) >= 11 is 5.25. The van der Waals surface area contributed by atoms with Crippen molar-refractivity contribution in [2.24, 2.45) is 0 Å². The van der Waals surface area contributed by atoms with E-state index in [1.807, 2.05) is 0 Å². The van der Waals surface area contributed by atoms with E-state index in [1.165, 1.54) is 8.66 Å². The molecule has 3 unspecified atom stereocenters. The molecule has 1 aromatic heterocycles. The van der Waals surface area contributed by atoms with Gasteiger partial charge in [-0.3, -0.25) is 0 Å². The zero-order chi connectivity index (χ0) is 10.8. The summed E-state index contributed by atoms with van der Waals surface area (Å²) in [4.78, 5) is 1.30. The van der Waals surface area contributed by atoms with Gasteiger partial charge in [0.1, 0.15) is 6.10 Å². The molecule has 1 fully saturated rings. The Labute approximate surface area is 103 Å². The molecule has 2 rings (SSSR count). The predicted molar refractivity (Wildman–Crippen MR) is 67.4 cm³/mol. The van der Waals surface area contributed by atoms with Gasteiger partial charge >= 0.3 is 0 Å². The van der Waals surface area contributed by atoms with E-state index >= 15 is 0 Å². The van der Waals surface area contributed by atoms with Crippen LogP contribution in [0.2, 0.25) is 0 Å². The zero-order valence-corrected chi connectivity index (χ0v) is 11.4. The molecule has 2 nitrogen and oxygen atoms in total. The number of rotatable bonds is 1. The number of hydrogen-bond acceptors (Lipinski definition) is 3. The molecule has 2 heterocycles. The van der Waals surface area contributed by atoms with E-state index in [0.29, 0.717) is 12.1 Å². The standard InChI is InChI=1S/C11H16BrNOS/c1-7-5-8(2)14-9(6-13-7)10-3-4-11(12)15-10/h3-4,7-9,13H,5-6H2,1-2H3. The van der Waals surface area contributed by atoms with E-state index in [2.05, 4.69) is 47.2 Å². The molecule has 0 aliphatic carbocycles. The Balaban J connectivity index is 2.09. The van der Waals surface area contributed by atoms with Crippen LogP contribution in [-0.2, 0) is 4.74 Å². The van der Waals surface area contributed by atoms with Crippen LogP contribution in [0.4, 0.5) is 0 Å². The van der Waals surface area contributed by atoms with Gasteiger partial charge in [0.25, 0.3) is 0 Å². The molecule has 0 amide bonds. The van der Waals surface area contributed by atoms with Gasteiger partial charge in [-0.05, 0) is 48.3 Å². The fraction of sp³-hybridized carbons (Fsp3) is 0.636. The summed E-state index contributed by atoms with van der Waals surface area (Å²) in [6.07, 6.45) is 1.63. The van der Waals surface area contributed by atoms with Crippen molar-refractivity contribution in [2.45, 2.75) is 38.5 Å². The first-order chi connectivity index (χ1) is 7.15. The van der Waals surface area contributed by atoms with Crippen molar-refractivity contribution < 1.29 is 4.74 Å². The molecule has 0 bridgehead atoms. The number of ether oxygens (including phenoxy) is 1. The molecule has 3 atom stereocenters. The van der Waals surface area contributed by atoms with Crippen LogP contribution in [0.15, 0.2) is 15.9 Å². The molecule has 1 N–H and O–H groups in total. The summed E-state index contributed by atoms with van der Waals surface area (Å²) in [6.45, 7) is 5.28. The predicted octanol–water partition coefficient (Wildman–Crippen LogP) is 3.34. The van der Waals surface area contributed by atoms with E-state index in [-0.39, 0.29) is 6.10 Å². The molecule has 15 heavy (non-hydrogen) atoms. The van der Waals surface area contributed by atoms with E-state index in [4.69, 9.17) is 4.74 Å². The van der Waals surface area contributed by atoms with Gasteiger partial charge in [0.05, 0.1) is 9.89 Å². The van der Waals surface area contributed by atoms with Crippen LogP contribution < -0.4 is 5.32 Å². The van der Waals surface area contributed by atoms with Crippen molar-refractivity contribution in [2.75, 3.05) is 6.54 Å². The molecular formula is C11H16BrNOS. The zero-order valence-electron chi connectivity index (χ0n) is 9.00. The molecule has 1 aliphatic rings. The largest absolute Gasteiger partial charge is 0.368 e. The second kappa shape index (κ2) is 4.95. The molecule has 0 saturated carbocycles. The molecule has 1 saturated heterocycles. The molecule has 1 aromatic rings. The lowest BCUT2D eigenvalue weighted by Gasteiger charge is -2.16. The maximum atomic E-state index is 6.01. The van der Waals surface area contributed by atoms with E-state index in [1.54, 1.807) is 11.3 Å². The van der Waals surface area contributed by atoms with Gasteiger partial charge in [0.2, 0.25) is 0 Å². The lowest BCUT2D eigenvalue weighted by atomic mass is 10.2. The fourth-order valence-electron chi connectivity index (χ4n) is 1.94. The molecule has 1 aliphatic heterocycles. The number of hydrogen-bond donors (Lipinski definition) is 1. The average molecular weight is 290 g/mol. The minimum Gasteiger partial charge on any atom is -0.368 e. The van der Waals surface area contributed by atoms with Gasteiger partial charge in [0, 0.05) is 17.5 Å². The van der Waals surface area contributed by atoms with Crippen LogP contribution >= 0.6 is 27.3 Å². The average Bonchev–Trinajstić information content (AvgIpc) is 2.51. The second-order valence-corrected chi connectivity index (χ2v) is 6.62. The minimum atomic E-state index is 0.209. The molecule has 0 spiro atoms. The Morgan fingerprint density at radius 1 is 1.47 bits per heavy atom. The maximum absolute atomic E-state index is 6.01. The highest BCUT2D eigenvalue weighted by Gasteiger charge is 2.23. The maximum Gasteiger partial charge on any atom is 0.104 e. The van der Waals surface area contributed by atoms with Gasteiger partial charge in [-0.15, -0.1) is 11.3 Å². The molecule has 84 valence electrons. The first-order valence-electron chi connectivity index (χ1n) is 5.29. The third kappa shape index (κ3) is 3.03. The van der Waals surface area contributed by atoms with E-state index < -0.39 is 0 Å². The van der Waals surface area contributed by atoms with Crippen molar-refractivity contribution >= 4 is 27.3 Å². The fourth-order valence-corrected chi connectivity index (χ4v) is 3.40.